The maximum atomic E-state index is 11.1. The normalized spacial score (nSPS) is 10.2. The molecule has 1 N–H and O–H groups in total. The molecule has 0 spiro atoms. The van der Waals surface area contributed by atoms with Crippen LogP contribution in [0.4, 0.5) is 0 Å². The van der Waals surface area contributed by atoms with Gasteiger partial charge >= 0.3 is 5.97 Å². The molecule has 0 amide bonds. The zero-order valence-electron chi connectivity index (χ0n) is 10.3. The van der Waals surface area contributed by atoms with Gasteiger partial charge in [0.05, 0.1) is 0 Å². The van der Waals surface area contributed by atoms with Crippen LogP contribution in [0.15, 0.2) is 41.0 Å². The maximum absolute atomic E-state index is 11.1. The number of hydrogen-bond donors (Lipinski definition) is 1. The number of pyridine rings is 1. The largest absolute Gasteiger partial charge is 0.476 e. The second kappa shape index (κ2) is 5.84. The van der Waals surface area contributed by atoms with Crippen molar-refractivity contribution in [1.29, 1.82) is 0 Å². The first-order chi connectivity index (χ1) is 9.10. The highest BCUT2D eigenvalue weighted by molar-refractivity contribution is 9.10. The fourth-order valence-corrected chi connectivity index (χ4v) is 1.93. The zero-order valence-corrected chi connectivity index (χ0v) is 11.8. The number of carboxylic acids is 1. The highest BCUT2D eigenvalue weighted by Gasteiger charge is 2.14. The molecule has 2 rings (SSSR count). The van der Waals surface area contributed by atoms with Gasteiger partial charge in [0.15, 0.2) is 11.4 Å². The van der Waals surface area contributed by atoms with E-state index in [1.807, 2.05) is 25.1 Å². The Hall–Kier alpha value is -1.88. The molecular weight excluding hydrogens is 310 g/mol. The second-order valence-electron chi connectivity index (χ2n) is 3.91. The molecule has 0 bridgehead atoms. The highest BCUT2D eigenvalue weighted by atomic mass is 79.9. The monoisotopic (exact) mass is 321 g/mol. The Morgan fingerprint density at radius 3 is 2.89 bits per heavy atom. The summed E-state index contributed by atoms with van der Waals surface area (Å²) in [4.78, 5) is 14.9. The molecule has 0 aliphatic heterocycles. The quantitative estimate of drug-likeness (QED) is 0.927. The number of carboxylic acid groups (broad SMARTS) is 1. The molecule has 0 saturated carbocycles. The minimum Gasteiger partial charge on any atom is -0.476 e. The summed E-state index contributed by atoms with van der Waals surface area (Å²) in [5.41, 5.74) is 1.02. The van der Waals surface area contributed by atoms with E-state index in [9.17, 15) is 4.79 Å². The Kier molecular flexibility index (Phi) is 4.16. The Labute approximate surface area is 119 Å². The minimum atomic E-state index is -1.12. The van der Waals surface area contributed by atoms with Crippen molar-refractivity contribution in [1.82, 2.24) is 4.98 Å². The van der Waals surface area contributed by atoms with Crippen LogP contribution >= 0.6 is 15.9 Å². The van der Waals surface area contributed by atoms with Crippen LogP contribution in [-0.4, -0.2) is 16.1 Å². The van der Waals surface area contributed by atoms with E-state index in [1.54, 1.807) is 12.1 Å². The van der Waals surface area contributed by atoms with Gasteiger partial charge in [-0.05, 0) is 46.1 Å². The van der Waals surface area contributed by atoms with E-state index in [0.29, 0.717) is 10.2 Å². The summed E-state index contributed by atoms with van der Waals surface area (Å²) in [5.74, 6) is -0.300. The van der Waals surface area contributed by atoms with Gasteiger partial charge in [-0.3, -0.25) is 0 Å². The number of rotatable bonds is 4. The van der Waals surface area contributed by atoms with Gasteiger partial charge in [-0.15, -0.1) is 0 Å². The van der Waals surface area contributed by atoms with Crippen molar-refractivity contribution in [2.45, 2.75) is 13.3 Å². The van der Waals surface area contributed by atoms with E-state index in [-0.39, 0.29) is 11.4 Å². The van der Waals surface area contributed by atoms with Crippen LogP contribution in [0.5, 0.6) is 11.5 Å². The van der Waals surface area contributed by atoms with Crippen molar-refractivity contribution in [3.05, 3.63) is 52.3 Å². The van der Waals surface area contributed by atoms with Crippen LogP contribution in [0.2, 0.25) is 0 Å². The predicted octanol–water partition coefficient (Wildman–Crippen LogP) is 3.90. The number of aromatic carboxylic acids is 1. The standard InChI is InChI=1S/C14H12BrNO3/c1-2-9-4-3-5-11(6-9)19-12-7-10(15)8-16-13(12)14(17)18/h3-8H,2H2,1H3,(H,17,18). The van der Waals surface area contributed by atoms with Crippen molar-refractivity contribution in [2.75, 3.05) is 0 Å². The molecule has 1 heterocycles. The SMILES string of the molecule is CCc1cccc(Oc2cc(Br)cnc2C(=O)O)c1. The third-order valence-electron chi connectivity index (χ3n) is 2.56. The third kappa shape index (κ3) is 3.32. The van der Waals surface area contributed by atoms with Crippen LogP contribution in [-0.2, 0) is 6.42 Å². The van der Waals surface area contributed by atoms with E-state index in [0.717, 1.165) is 12.0 Å². The molecule has 1 aromatic carbocycles. The van der Waals surface area contributed by atoms with Crippen LogP contribution in [0.1, 0.15) is 23.0 Å². The number of carbonyl (C=O) groups is 1. The molecule has 0 fully saturated rings. The Balaban J connectivity index is 2.36. The van der Waals surface area contributed by atoms with Gasteiger partial charge in [0.1, 0.15) is 5.75 Å². The molecule has 0 saturated heterocycles. The fourth-order valence-electron chi connectivity index (χ4n) is 1.61. The zero-order chi connectivity index (χ0) is 13.8. The lowest BCUT2D eigenvalue weighted by atomic mass is 10.2. The van der Waals surface area contributed by atoms with Gasteiger partial charge in [0.2, 0.25) is 0 Å². The first-order valence-electron chi connectivity index (χ1n) is 5.75. The van der Waals surface area contributed by atoms with Crippen molar-refractivity contribution in [3.8, 4) is 11.5 Å². The molecule has 5 heteroatoms. The average Bonchev–Trinajstić information content (AvgIpc) is 2.38. The number of nitrogens with zero attached hydrogens (tertiary/aromatic N) is 1. The molecule has 0 aliphatic rings. The molecule has 0 aliphatic carbocycles. The summed E-state index contributed by atoms with van der Waals surface area (Å²) in [5, 5.41) is 9.08. The number of benzene rings is 1. The van der Waals surface area contributed by atoms with E-state index in [1.165, 1.54) is 6.20 Å². The highest BCUT2D eigenvalue weighted by Crippen LogP contribution is 2.27. The first-order valence-corrected chi connectivity index (χ1v) is 6.55. The Morgan fingerprint density at radius 2 is 2.21 bits per heavy atom. The summed E-state index contributed by atoms with van der Waals surface area (Å²) >= 11 is 3.25. The number of aromatic nitrogens is 1. The number of aryl methyl sites for hydroxylation is 1. The summed E-state index contributed by atoms with van der Waals surface area (Å²) in [6, 6.07) is 9.12. The maximum Gasteiger partial charge on any atom is 0.358 e. The molecule has 98 valence electrons. The smallest absolute Gasteiger partial charge is 0.358 e. The van der Waals surface area contributed by atoms with Gasteiger partial charge in [-0.1, -0.05) is 19.1 Å². The van der Waals surface area contributed by atoms with Crippen molar-refractivity contribution >= 4 is 21.9 Å². The summed E-state index contributed by atoms with van der Waals surface area (Å²) in [7, 11) is 0. The van der Waals surface area contributed by atoms with Gasteiger partial charge < -0.3 is 9.84 Å². The molecule has 4 nitrogen and oxygen atoms in total. The lowest BCUT2D eigenvalue weighted by Gasteiger charge is -2.09. The lowest BCUT2D eigenvalue weighted by molar-refractivity contribution is 0.0687. The molecule has 1 aromatic heterocycles. The van der Waals surface area contributed by atoms with Crippen LogP contribution in [0.3, 0.4) is 0 Å². The van der Waals surface area contributed by atoms with Gasteiger partial charge in [-0.2, -0.15) is 0 Å². The van der Waals surface area contributed by atoms with Gasteiger partial charge in [0, 0.05) is 10.7 Å². The van der Waals surface area contributed by atoms with Crippen molar-refractivity contribution < 1.29 is 14.6 Å². The molecule has 0 atom stereocenters. The minimum absolute atomic E-state index is 0.106. The van der Waals surface area contributed by atoms with Crippen molar-refractivity contribution in [2.24, 2.45) is 0 Å². The van der Waals surface area contributed by atoms with Crippen LogP contribution in [0, 0.1) is 0 Å². The van der Waals surface area contributed by atoms with Gasteiger partial charge in [-0.25, -0.2) is 9.78 Å². The summed E-state index contributed by atoms with van der Waals surface area (Å²) in [6.45, 7) is 2.04. The topological polar surface area (TPSA) is 59.4 Å². The molecule has 0 unspecified atom stereocenters. The van der Waals surface area contributed by atoms with E-state index in [2.05, 4.69) is 20.9 Å². The van der Waals surface area contributed by atoms with E-state index < -0.39 is 5.97 Å². The third-order valence-corrected chi connectivity index (χ3v) is 2.99. The summed E-state index contributed by atoms with van der Waals surface area (Å²) in [6.07, 6.45) is 2.32. The van der Waals surface area contributed by atoms with Crippen molar-refractivity contribution in [3.63, 3.8) is 0 Å². The van der Waals surface area contributed by atoms with Crippen LogP contribution < -0.4 is 4.74 Å². The first kappa shape index (κ1) is 13.5. The number of ether oxygens (including phenoxy) is 1. The van der Waals surface area contributed by atoms with Gasteiger partial charge in [0.25, 0.3) is 0 Å². The molecular formula is C14H12BrNO3. The molecule has 19 heavy (non-hydrogen) atoms. The van der Waals surface area contributed by atoms with E-state index >= 15 is 0 Å². The molecule has 0 radical (unpaired) electrons. The summed E-state index contributed by atoms with van der Waals surface area (Å²) < 4.78 is 6.29. The second-order valence-corrected chi connectivity index (χ2v) is 4.82. The number of halogens is 1. The van der Waals surface area contributed by atoms with Crippen LogP contribution in [0.25, 0.3) is 0 Å². The molecule has 2 aromatic rings. The van der Waals surface area contributed by atoms with E-state index in [4.69, 9.17) is 9.84 Å². The fraction of sp³-hybridized carbons (Fsp3) is 0.143. The Bertz CT molecular complexity index is 613. The Morgan fingerprint density at radius 1 is 1.42 bits per heavy atom. The average molecular weight is 322 g/mol. The predicted molar refractivity (Wildman–Crippen MR) is 74.8 cm³/mol. The lowest BCUT2D eigenvalue weighted by Crippen LogP contribution is -2.03. The number of hydrogen-bond acceptors (Lipinski definition) is 3.